The van der Waals surface area contributed by atoms with Gasteiger partial charge in [-0.25, -0.2) is 5.84 Å². The van der Waals surface area contributed by atoms with Crippen molar-refractivity contribution in [2.24, 2.45) is 5.84 Å². The number of anilines is 4. The summed E-state index contributed by atoms with van der Waals surface area (Å²) in [5, 5.41) is 0. The van der Waals surface area contributed by atoms with Crippen LogP contribution in [0.15, 0.2) is 24.3 Å². The lowest BCUT2D eigenvalue weighted by Gasteiger charge is -2.21. The SMILES string of the molecule is Cc1ccc(N(C)c2cc(NN)nc(N)n2)c(C)c1. The van der Waals surface area contributed by atoms with E-state index in [1.54, 1.807) is 6.07 Å². The third kappa shape index (κ3) is 2.74. The average Bonchev–Trinajstić information content (AvgIpc) is 2.37. The van der Waals surface area contributed by atoms with E-state index < -0.39 is 0 Å². The number of nitrogens with zero attached hydrogens (tertiary/aromatic N) is 3. The molecule has 0 atom stereocenters. The molecule has 1 aromatic carbocycles. The van der Waals surface area contributed by atoms with Crippen molar-refractivity contribution in [1.29, 1.82) is 0 Å². The Bertz CT molecular complexity index is 596. The van der Waals surface area contributed by atoms with Gasteiger partial charge in [0, 0.05) is 18.8 Å². The van der Waals surface area contributed by atoms with E-state index in [9.17, 15) is 0 Å². The predicted octanol–water partition coefficient (Wildman–Crippen LogP) is 1.73. The molecule has 0 spiro atoms. The molecular formula is C13H18N6. The Hall–Kier alpha value is -2.34. The molecule has 100 valence electrons. The summed E-state index contributed by atoms with van der Waals surface area (Å²) in [7, 11) is 1.93. The molecule has 0 radical (unpaired) electrons. The van der Waals surface area contributed by atoms with Gasteiger partial charge in [-0.2, -0.15) is 9.97 Å². The zero-order valence-corrected chi connectivity index (χ0v) is 11.3. The summed E-state index contributed by atoms with van der Waals surface area (Å²) in [6.45, 7) is 4.13. The monoisotopic (exact) mass is 258 g/mol. The number of rotatable bonds is 3. The molecule has 5 N–H and O–H groups in total. The van der Waals surface area contributed by atoms with Crippen LogP contribution < -0.4 is 21.9 Å². The number of hydrogen-bond donors (Lipinski definition) is 3. The predicted molar refractivity (Wildman–Crippen MR) is 78.2 cm³/mol. The smallest absolute Gasteiger partial charge is 0.224 e. The van der Waals surface area contributed by atoms with E-state index in [-0.39, 0.29) is 5.95 Å². The van der Waals surface area contributed by atoms with Gasteiger partial charge in [-0.05, 0) is 25.5 Å². The maximum Gasteiger partial charge on any atom is 0.224 e. The minimum absolute atomic E-state index is 0.182. The molecule has 2 aromatic rings. The molecule has 0 aliphatic carbocycles. The fraction of sp³-hybridized carbons (Fsp3) is 0.231. The Labute approximate surface area is 112 Å². The largest absolute Gasteiger partial charge is 0.368 e. The number of aryl methyl sites for hydroxylation is 2. The first-order valence-electron chi connectivity index (χ1n) is 5.93. The number of hydrazine groups is 1. The Morgan fingerprint density at radius 3 is 2.53 bits per heavy atom. The van der Waals surface area contributed by atoms with E-state index in [2.05, 4.69) is 47.4 Å². The molecule has 0 unspecified atom stereocenters. The molecular weight excluding hydrogens is 240 g/mol. The van der Waals surface area contributed by atoms with Gasteiger partial charge in [0.25, 0.3) is 0 Å². The van der Waals surface area contributed by atoms with E-state index in [1.807, 2.05) is 11.9 Å². The lowest BCUT2D eigenvalue weighted by molar-refractivity contribution is 1.07. The molecule has 0 saturated heterocycles. The van der Waals surface area contributed by atoms with Crippen LogP contribution in [-0.4, -0.2) is 17.0 Å². The summed E-state index contributed by atoms with van der Waals surface area (Å²) >= 11 is 0. The molecule has 19 heavy (non-hydrogen) atoms. The number of benzene rings is 1. The zero-order valence-electron chi connectivity index (χ0n) is 11.3. The molecule has 1 heterocycles. The maximum absolute atomic E-state index is 5.67. The van der Waals surface area contributed by atoms with Crippen LogP contribution in [0.5, 0.6) is 0 Å². The number of nitrogen functional groups attached to an aromatic ring is 2. The van der Waals surface area contributed by atoms with Crippen LogP contribution in [0, 0.1) is 13.8 Å². The van der Waals surface area contributed by atoms with E-state index in [0.717, 1.165) is 5.69 Å². The van der Waals surface area contributed by atoms with Gasteiger partial charge in [0.1, 0.15) is 11.6 Å². The average molecular weight is 258 g/mol. The van der Waals surface area contributed by atoms with Crippen LogP contribution >= 0.6 is 0 Å². The van der Waals surface area contributed by atoms with Gasteiger partial charge in [0.15, 0.2) is 0 Å². The molecule has 0 saturated carbocycles. The van der Waals surface area contributed by atoms with E-state index in [4.69, 9.17) is 11.6 Å². The van der Waals surface area contributed by atoms with Gasteiger partial charge in [-0.3, -0.25) is 0 Å². The van der Waals surface area contributed by atoms with Gasteiger partial charge >= 0.3 is 0 Å². The Kier molecular flexibility index (Phi) is 3.52. The molecule has 0 aliphatic rings. The first-order chi connectivity index (χ1) is 9.01. The lowest BCUT2D eigenvalue weighted by Crippen LogP contribution is -2.16. The van der Waals surface area contributed by atoms with Gasteiger partial charge in [0.2, 0.25) is 5.95 Å². The summed E-state index contributed by atoms with van der Waals surface area (Å²) < 4.78 is 0. The molecule has 1 aromatic heterocycles. The van der Waals surface area contributed by atoms with Crippen LogP contribution in [0.4, 0.5) is 23.3 Å². The molecule has 6 heteroatoms. The van der Waals surface area contributed by atoms with Crippen molar-refractivity contribution >= 4 is 23.3 Å². The topological polar surface area (TPSA) is 93.1 Å². The number of aromatic nitrogens is 2. The first-order valence-corrected chi connectivity index (χ1v) is 5.93. The second kappa shape index (κ2) is 5.11. The van der Waals surface area contributed by atoms with Crippen LogP contribution in [0.2, 0.25) is 0 Å². The minimum atomic E-state index is 0.182. The van der Waals surface area contributed by atoms with Crippen LogP contribution in [0.1, 0.15) is 11.1 Å². The summed E-state index contributed by atoms with van der Waals surface area (Å²) in [4.78, 5) is 10.1. The van der Waals surface area contributed by atoms with Crippen LogP contribution in [-0.2, 0) is 0 Å². The number of nitrogens with two attached hydrogens (primary N) is 2. The Morgan fingerprint density at radius 2 is 1.89 bits per heavy atom. The van der Waals surface area contributed by atoms with Crippen molar-refractivity contribution in [3.63, 3.8) is 0 Å². The standard InChI is InChI=1S/C13H18N6/c1-8-4-5-10(9(2)6-8)19(3)12-7-11(18-15)16-13(14)17-12/h4-7H,15H2,1-3H3,(H3,14,16,17,18). The molecule has 0 amide bonds. The number of hydrogen-bond acceptors (Lipinski definition) is 6. The second-order valence-corrected chi connectivity index (χ2v) is 4.46. The molecule has 0 aliphatic heterocycles. The van der Waals surface area contributed by atoms with E-state index >= 15 is 0 Å². The number of nitrogens with one attached hydrogen (secondary N) is 1. The minimum Gasteiger partial charge on any atom is -0.368 e. The molecule has 6 nitrogen and oxygen atoms in total. The highest BCUT2D eigenvalue weighted by atomic mass is 15.3. The second-order valence-electron chi connectivity index (χ2n) is 4.46. The Morgan fingerprint density at radius 1 is 1.16 bits per heavy atom. The van der Waals surface area contributed by atoms with Gasteiger partial charge < -0.3 is 16.1 Å². The van der Waals surface area contributed by atoms with Crippen molar-refractivity contribution in [1.82, 2.24) is 9.97 Å². The van der Waals surface area contributed by atoms with Gasteiger partial charge in [-0.15, -0.1) is 0 Å². The normalized spacial score (nSPS) is 10.3. The fourth-order valence-electron chi connectivity index (χ4n) is 2.00. The first kappa shape index (κ1) is 13.1. The highest BCUT2D eigenvalue weighted by molar-refractivity contribution is 5.66. The van der Waals surface area contributed by atoms with Crippen molar-refractivity contribution in [3.8, 4) is 0 Å². The fourth-order valence-corrected chi connectivity index (χ4v) is 2.00. The van der Waals surface area contributed by atoms with Crippen LogP contribution in [0.3, 0.4) is 0 Å². The highest BCUT2D eigenvalue weighted by Crippen LogP contribution is 2.27. The van der Waals surface area contributed by atoms with Gasteiger partial charge in [-0.1, -0.05) is 17.7 Å². The third-order valence-electron chi connectivity index (χ3n) is 2.94. The van der Waals surface area contributed by atoms with E-state index in [0.29, 0.717) is 11.6 Å². The van der Waals surface area contributed by atoms with Crippen molar-refractivity contribution in [3.05, 3.63) is 35.4 Å². The van der Waals surface area contributed by atoms with E-state index in [1.165, 1.54) is 11.1 Å². The molecule has 0 fully saturated rings. The highest BCUT2D eigenvalue weighted by Gasteiger charge is 2.10. The summed E-state index contributed by atoms with van der Waals surface area (Å²) in [6.07, 6.45) is 0. The summed E-state index contributed by atoms with van der Waals surface area (Å²) in [5.41, 5.74) is 11.6. The maximum atomic E-state index is 5.67. The molecule has 0 bridgehead atoms. The summed E-state index contributed by atoms with van der Waals surface area (Å²) in [5.74, 6) is 6.72. The van der Waals surface area contributed by atoms with Crippen LogP contribution in [0.25, 0.3) is 0 Å². The van der Waals surface area contributed by atoms with Crippen molar-refractivity contribution < 1.29 is 0 Å². The lowest BCUT2D eigenvalue weighted by atomic mass is 10.1. The Balaban J connectivity index is 2.43. The van der Waals surface area contributed by atoms with Crippen molar-refractivity contribution in [2.45, 2.75) is 13.8 Å². The van der Waals surface area contributed by atoms with Gasteiger partial charge in [0.05, 0.1) is 0 Å². The summed E-state index contributed by atoms with van der Waals surface area (Å²) in [6, 6.07) is 7.98. The quantitative estimate of drug-likeness (QED) is 0.573. The third-order valence-corrected chi connectivity index (χ3v) is 2.94. The molecule has 2 rings (SSSR count). The van der Waals surface area contributed by atoms with Crippen molar-refractivity contribution in [2.75, 3.05) is 23.1 Å². The zero-order chi connectivity index (χ0) is 14.0.